The molecule has 2 rings (SSSR count). The van der Waals surface area contributed by atoms with E-state index in [4.69, 9.17) is 0 Å². The van der Waals surface area contributed by atoms with Crippen LogP contribution in [0.1, 0.15) is 64.7 Å². The lowest BCUT2D eigenvalue weighted by Gasteiger charge is -2.36. The van der Waals surface area contributed by atoms with Crippen LogP contribution < -0.4 is 0 Å². The van der Waals surface area contributed by atoms with E-state index in [2.05, 4.69) is 6.92 Å². The smallest absolute Gasteiger partial charge is 0.309 e. The van der Waals surface area contributed by atoms with Crippen molar-refractivity contribution in [1.29, 1.82) is 0 Å². The predicted octanol–water partition coefficient (Wildman–Crippen LogP) is 3.85. The van der Waals surface area contributed by atoms with Crippen LogP contribution in [-0.4, -0.2) is 11.1 Å². The molecule has 2 aliphatic carbocycles. The summed E-state index contributed by atoms with van der Waals surface area (Å²) in [5, 5.41) is 9.48. The van der Waals surface area contributed by atoms with Crippen LogP contribution in [0, 0.1) is 17.3 Å². The van der Waals surface area contributed by atoms with Gasteiger partial charge in [0, 0.05) is 0 Å². The zero-order chi connectivity index (χ0) is 11.6. The summed E-state index contributed by atoms with van der Waals surface area (Å²) >= 11 is 0. The lowest BCUT2D eigenvalue weighted by Crippen LogP contribution is -2.35. The van der Waals surface area contributed by atoms with E-state index in [9.17, 15) is 9.90 Å². The van der Waals surface area contributed by atoms with Crippen molar-refractivity contribution < 1.29 is 9.90 Å². The van der Waals surface area contributed by atoms with E-state index >= 15 is 0 Å². The molecule has 0 aromatic heterocycles. The predicted molar refractivity (Wildman–Crippen MR) is 64.3 cm³/mol. The van der Waals surface area contributed by atoms with Crippen LogP contribution in [0.15, 0.2) is 0 Å². The summed E-state index contributed by atoms with van der Waals surface area (Å²) in [4.78, 5) is 11.5. The Kier molecular flexibility index (Phi) is 3.56. The van der Waals surface area contributed by atoms with Gasteiger partial charge in [0.15, 0.2) is 0 Å². The van der Waals surface area contributed by atoms with Crippen LogP contribution in [0.4, 0.5) is 0 Å². The monoisotopic (exact) mass is 224 g/mol. The fraction of sp³-hybridized carbons (Fsp3) is 0.929. The largest absolute Gasteiger partial charge is 0.481 e. The summed E-state index contributed by atoms with van der Waals surface area (Å²) in [5.74, 6) is 1.12. The zero-order valence-electron chi connectivity index (χ0n) is 10.4. The third-order valence-corrected chi connectivity index (χ3v) is 4.82. The van der Waals surface area contributed by atoms with Crippen molar-refractivity contribution in [2.75, 3.05) is 0 Å². The number of hydrogen-bond acceptors (Lipinski definition) is 1. The van der Waals surface area contributed by atoms with Crippen molar-refractivity contribution in [2.45, 2.75) is 64.7 Å². The average Bonchev–Trinajstić information content (AvgIpc) is 3.10. The van der Waals surface area contributed by atoms with Crippen LogP contribution >= 0.6 is 0 Å². The van der Waals surface area contributed by atoms with Gasteiger partial charge in [0.05, 0.1) is 5.41 Å². The van der Waals surface area contributed by atoms with E-state index in [1.165, 1.54) is 19.3 Å². The highest BCUT2D eigenvalue weighted by atomic mass is 16.4. The number of carboxylic acid groups (broad SMARTS) is 1. The van der Waals surface area contributed by atoms with Gasteiger partial charge < -0.3 is 5.11 Å². The lowest BCUT2D eigenvalue weighted by molar-refractivity contribution is -0.152. The Hall–Kier alpha value is -0.530. The fourth-order valence-corrected chi connectivity index (χ4v) is 3.10. The molecule has 0 aliphatic heterocycles. The van der Waals surface area contributed by atoms with Crippen LogP contribution in [0.3, 0.4) is 0 Å². The fourth-order valence-electron chi connectivity index (χ4n) is 3.10. The third-order valence-electron chi connectivity index (χ3n) is 4.82. The van der Waals surface area contributed by atoms with E-state index in [1.807, 2.05) is 0 Å². The minimum absolute atomic E-state index is 0.353. The quantitative estimate of drug-likeness (QED) is 0.770. The van der Waals surface area contributed by atoms with Gasteiger partial charge >= 0.3 is 5.97 Å². The van der Waals surface area contributed by atoms with Crippen LogP contribution in [0.5, 0.6) is 0 Å². The second-order valence-corrected chi connectivity index (χ2v) is 5.92. The van der Waals surface area contributed by atoms with Gasteiger partial charge in [0.1, 0.15) is 0 Å². The second kappa shape index (κ2) is 4.77. The van der Waals surface area contributed by atoms with Gasteiger partial charge in [0.2, 0.25) is 0 Å². The highest BCUT2D eigenvalue weighted by Crippen LogP contribution is 2.46. The lowest BCUT2D eigenvalue weighted by atomic mass is 9.67. The van der Waals surface area contributed by atoms with E-state index in [1.54, 1.807) is 0 Å². The van der Waals surface area contributed by atoms with Crippen LogP contribution in [0.2, 0.25) is 0 Å². The minimum atomic E-state index is -0.525. The third kappa shape index (κ3) is 2.58. The van der Waals surface area contributed by atoms with E-state index in [0.717, 1.165) is 50.4 Å². The summed E-state index contributed by atoms with van der Waals surface area (Å²) < 4.78 is 0. The van der Waals surface area contributed by atoms with Gasteiger partial charge in [-0.15, -0.1) is 0 Å². The molecule has 0 bridgehead atoms. The maximum Gasteiger partial charge on any atom is 0.309 e. The summed E-state index contributed by atoms with van der Waals surface area (Å²) in [7, 11) is 0. The number of rotatable bonds is 5. The molecule has 1 N–H and O–H groups in total. The molecule has 92 valence electrons. The number of carbonyl (C=O) groups is 1. The summed E-state index contributed by atoms with van der Waals surface area (Å²) in [6.45, 7) is 2.22. The molecular formula is C14H24O2. The normalized spacial score (nSPS) is 34.9. The van der Waals surface area contributed by atoms with Crippen molar-refractivity contribution in [2.24, 2.45) is 17.3 Å². The molecule has 2 aliphatic rings. The van der Waals surface area contributed by atoms with Crippen molar-refractivity contribution >= 4 is 5.97 Å². The van der Waals surface area contributed by atoms with Crippen molar-refractivity contribution in [1.82, 2.24) is 0 Å². The van der Waals surface area contributed by atoms with Gasteiger partial charge in [-0.1, -0.05) is 26.2 Å². The van der Waals surface area contributed by atoms with E-state index in [-0.39, 0.29) is 5.41 Å². The molecule has 2 heteroatoms. The molecule has 2 nitrogen and oxygen atoms in total. The van der Waals surface area contributed by atoms with Gasteiger partial charge in [-0.25, -0.2) is 0 Å². The topological polar surface area (TPSA) is 37.3 Å². The van der Waals surface area contributed by atoms with Crippen molar-refractivity contribution in [3.05, 3.63) is 0 Å². The van der Waals surface area contributed by atoms with Gasteiger partial charge in [-0.05, 0) is 50.4 Å². The molecule has 16 heavy (non-hydrogen) atoms. The van der Waals surface area contributed by atoms with Crippen molar-refractivity contribution in [3.8, 4) is 0 Å². The molecule has 0 heterocycles. The Morgan fingerprint density at radius 2 is 1.81 bits per heavy atom. The summed E-state index contributed by atoms with van der Waals surface area (Å²) in [6.07, 6.45) is 10.1. The molecule has 2 saturated carbocycles. The molecule has 0 saturated heterocycles. The molecular weight excluding hydrogens is 200 g/mol. The molecule has 0 spiro atoms. The molecule has 0 aromatic rings. The molecule has 0 aromatic carbocycles. The number of aliphatic carboxylic acids is 1. The summed E-state index contributed by atoms with van der Waals surface area (Å²) in [6, 6.07) is 0. The molecule has 2 fully saturated rings. The van der Waals surface area contributed by atoms with Gasteiger partial charge in [-0.2, -0.15) is 0 Å². The molecule has 0 amide bonds. The van der Waals surface area contributed by atoms with E-state index < -0.39 is 5.97 Å². The molecule has 0 unspecified atom stereocenters. The zero-order valence-corrected chi connectivity index (χ0v) is 10.4. The minimum Gasteiger partial charge on any atom is -0.481 e. The Labute approximate surface area is 98.4 Å². The first-order valence-electron chi connectivity index (χ1n) is 6.89. The number of hydrogen-bond donors (Lipinski definition) is 1. The van der Waals surface area contributed by atoms with Crippen LogP contribution in [0.25, 0.3) is 0 Å². The Balaban J connectivity index is 1.90. The maximum absolute atomic E-state index is 11.5. The average molecular weight is 224 g/mol. The van der Waals surface area contributed by atoms with Gasteiger partial charge in [0.25, 0.3) is 0 Å². The molecule has 0 atom stereocenters. The van der Waals surface area contributed by atoms with E-state index in [0.29, 0.717) is 0 Å². The first-order valence-corrected chi connectivity index (χ1v) is 6.89. The highest BCUT2D eigenvalue weighted by Gasteiger charge is 2.42. The van der Waals surface area contributed by atoms with Crippen LogP contribution in [-0.2, 0) is 4.79 Å². The Morgan fingerprint density at radius 3 is 2.25 bits per heavy atom. The number of carboxylic acids is 1. The maximum atomic E-state index is 11.5. The Bertz CT molecular complexity index is 247. The first kappa shape index (κ1) is 11.9. The van der Waals surface area contributed by atoms with Crippen molar-refractivity contribution in [3.63, 3.8) is 0 Å². The first-order chi connectivity index (χ1) is 7.66. The molecule has 0 radical (unpaired) electrons. The SMILES string of the molecule is CCC1CCC(CCC2CC2)(C(=O)O)CC1. The van der Waals surface area contributed by atoms with Gasteiger partial charge in [-0.3, -0.25) is 4.79 Å². The second-order valence-electron chi connectivity index (χ2n) is 5.92. The Morgan fingerprint density at radius 1 is 1.19 bits per heavy atom. The summed E-state index contributed by atoms with van der Waals surface area (Å²) in [5.41, 5.74) is -0.353. The highest BCUT2D eigenvalue weighted by molar-refractivity contribution is 5.74. The standard InChI is InChI=1S/C14H24O2/c1-2-11-5-8-14(9-6-11,13(15)16)10-7-12-3-4-12/h11-12H,2-10H2,1H3,(H,15,16).